The van der Waals surface area contributed by atoms with E-state index >= 15 is 0 Å². The molecule has 0 saturated carbocycles. The Labute approximate surface area is 139 Å². The highest BCUT2D eigenvalue weighted by molar-refractivity contribution is 7.09. The summed E-state index contributed by atoms with van der Waals surface area (Å²) >= 11 is 7.74. The van der Waals surface area contributed by atoms with Crippen LogP contribution >= 0.6 is 35.3 Å². The maximum Gasteiger partial charge on any atom is 0.134 e. The van der Waals surface area contributed by atoms with Crippen LogP contribution in [0.5, 0.6) is 0 Å². The number of halogens is 2. The van der Waals surface area contributed by atoms with Crippen molar-refractivity contribution in [3.05, 3.63) is 69.6 Å². The van der Waals surface area contributed by atoms with Crippen LogP contribution in [-0.2, 0) is 13.1 Å². The maximum atomic E-state index is 5.99. The maximum absolute atomic E-state index is 5.99. The van der Waals surface area contributed by atoms with Gasteiger partial charge in [-0.05, 0) is 35.7 Å². The van der Waals surface area contributed by atoms with E-state index in [-0.39, 0.29) is 12.4 Å². The van der Waals surface area contributed by atoms with Gasteiger partial charge in [-0.15, -0.1) is 23.7 Å². The van der Waals surface area contributed by atoms with Crippen LogP contribution in [0.3, 0.4) is 0 Å². The van der Waals surface area contributed by atoms with Crippen molar-refractivity contribution >= 4 is 35.3 Å². The Morgan fingerprint density at radius 2 is 1.95 bits per heavy atom. The smallest absolute Gasteiger partial charge is 0.134 e. The zero-order valence-electron chi connectivity index (χ0n) is 11.2. The first-order chi connectivity index (χ1) is 9.81. The van der Waals surface area contributed by atoms with Crippen molar-refractivity contribution in [3.63, 3.8) is 0 Å². The Morgan fingerprint density at radius 1 is 1.05 bits per heavy atom. The molecule has 0 amide bonds. The second-order valence-electron chi connectivity index (χ2n) is 4.46. The Kier molecular flexibility index (Phi) is 5.88. The number of thiophene rings is 1. The van der Waals surface area contributed by atoms with Crippen LogP contribution < -0.4 is 5.32 Å². The van der Waals surface area contributed by atoms with Gasteiger partial charge >= 0.3 is 0 Å². The molecule has 0 saturated heterocycles. The molecule has 0 aliphatic rings. The molecule has 0 atom stereocenters. The molecule has 0 aliphatic heterocycles. The summed E-state index contributed by atoms with van der Waals surface area (Å²) in [6.07, 6.45) is 0. The highest BCUT2D eigenvalue weighted by atomic mass is 35.5. The molecule has 0 fully saturated rings. The Bertz CT molecular complexity index is 679. The third kappa shape index (κ3) is 4.35. The van der Waals surface area contributed by atoms with Gasteiger partial charge in [0.05, 0.1) is 6.54 Å². The quantitative estimate of drug-likeness (QED) is 0.675. The third-order valence-corrected chi connectivity index (χ3v) is 4.06. The summed E-state index contributed by atoms with van der Waals surface area (Å²) in [6, 6.07) is 15.8. The van der Waals surface area contributed by atoms with Crippen LogP contribution in [0.2, 0.25) is 5.02 Å². The minimum atomic E-state index is 0. The first-order valence-corrected chi connectivity index (χ1v) is 7.65. The first-order valence-electron chi connectivity index (χ1n) is 6.39. The summed E-state index contributed by atoms with van der Waals surface area (Å²) < 4.78 is 5.83. The fourth-order valence-electron chi connectivity index (χ4n) is 1.99. The molecular weight excluding hydrogens is 325 g/mol. The van der Waals surface area contributed by atoms with Crippen LogP contribution in [0, 0.1) is 0 Å². The van der Waals surface area contributed by atoms with Crippen molar-refractivity contribution in [1.29, 1.82) is 0 Å². The lowest BCUT2D eigenvalue weighted by atomic mass is 10.2. The number of benzene rings is 1. The average Bonchev–Trinajstić information content (AvgIpc) is 3.10. The van der Waals surface area contributed by atoms with Crippen LogP contribution in [0.4, 0.5) is 0 Å². The van der Waals surface area contributed by atoms with Crippen LogP contribution in [-0.4, -0.2) is 0 Å². The number of hydrogen-bond acceptors (Lipinski definition) is 3. The topological polar surface area (TPSA) is 25.2 Å². The highest BCUT2D eigenvalue weighted by Gasteiger charge is 2.05. The van der Waals surface area contributed by atoms with Gasteiger partial charge in [0, 0.05) is 22.0 Å². The number of rotatable bonds is 5. The molecule has 110 valence electrons. The minimum absolute atomic E-state index is 0. The summed E-state index contributed by atoms with van der Waals surface area (Å²) in [5.41, 5.74) is 1.00. The molecule has 3 rings (SSSR count). The van der Waals surface area contributed by atoms with Gasteiger partial charge in [0.2, 0.25) is 0 Å². The number of hydrogen-bond donors (Lipinski definition) is 1. The second kappa shape index (κ2) is 7.66. The van der Waals surface area contributed by atoms with Crippen molar-refractivity contribution in [1.82, 2.24) is 5.32 Å². The van der Waals surface area contributed by atoms with E-state index in [9.17, 15) is 0 Å². The first kappa shape index (κ1) is 16.1. The Hall–Kier alpha value is -1.26. The fraction of sp³-hybridized carbons (Fsp3) is 0.125. The van der Waals surface area contributed by atoms with Crippen molar-refractivity contribution in [2.45, 2.75) is 13.1 Å². The summed E-state index contributed by atoms with van der Waals surface area (Å²) in [5, 5.41) is 6.17. The van der Waals surface area contributed by atoms with Crippen LogP contribution in [0.25, 0.3) is 11.3 Å². The summed E-state index contributed by atoms with van der Waals surface area (Å²) in [6.45, 7) is 1.59. The van der Waals surface area contributed by atoms with Gasteiger partial charge in [-0.3, -0.25) is 0 Å². The van der Waals surface area contributed by atoms with E-state index in [1.807, 2.05) is 36.4 Å². The monoisotopic (exact) mass is 339 g/mol. The lowest BCUT2D eigenvalue weighted by Gasteiger charge is -2.01. The third-order valence-electron chi connectivity index (χ3n) is 2.95. The van der Waals surface area contributed by atoms with E-state index in [4.69, 9.17) is 16.0 Å². The van der Waals surface area contributed by atoms with E-state index < -0.39 is 0 Å². The molecule has 3 aromatic rings. The molecule has 1 aromatic carbocycles. The van der Waals surface area contributed by atoms with E-state index in [2.05, 4.69) is 22.8 Å². The molecule has 21 heavy (non-hydrogen) atoms. The number of furan rings is 1. The van der Waals surface area contributed by atoms with Gasteiger partial charge in [0.25, 0.3) is 0 Å². The molecule has 0 bridgehead atoms. The molecular formula is C16H15Cl2NOS. The van der Waals surface area contributed by atoms with E-state index in [0.717, 1.165) is 35.2 Å². The van der Waals surface area contributed by atoms with Crippen molar-refractivity contribution in [3.8, 4) is 11.3 Å². The van der Waals surface area contributed by atoms with Crippen LogP contribution in [0.15, 0.2) is 58.3 Å². The van der Waals surface area contributed by atoms with E-state index in [1.54, 1.807) is 11.3 Å². The lowest BCUT2D eigenvalue weighted by Crippen LogP contribution is -2.10. The SMILES string of the molecule is Cl.Clc1cccc(-c2ccc(CNCc3cccs3)o2)c1. The second-order valence-corrected chi connectivity index (χ2v) is 5.93. The van der Waals surface area contributed by atoms with Crippen molar-refractivity contribution < 1.29 is 4.42 Å². The largest absolute Gasteiger partial charge is 0.460 e. The lowest BCUT2D eigenvalue weighted by molar-refractivity contribution is 0.494. The zero-order chi connectivity index (χ0) is 13.8. The van der Waals surface area contributed by atoms with Gasteiger partial charge in [0.1, 0.15) is 11.5 Å². The fourth-order valence-corrected chi connectivity index (χ4v) is 2.86. The van der Waals surface area contributed by atoms with Crippen LogP contribution in [0.1, 0.15) is 10.6 Å². The molecule has 0 aliphatic carbocycles. The molecule has 2 nitrogen and oxygen atoms in total. The van der Waals surface area contributed by atoms with Gasteiger partial charge in [-0.2, -0.15) is 0 Å². The highest BCUT2D eigenvalue weighted by Crippen LogP contribution is 2.24. The minimum Gasteiger partial charge on any atom is -0.460 e. The van der Waals surface area contributed by atoms with Gasteiger partial charge in [-0.25, -0.2) is 0 Å². The van der Waals surface area contributed by atoms with Crippen molar-refractivity contribution in [2.24, 2.45) is 0 Å². The van der Waals surface area contributed by atoms with E-state index in [1.165, 1.54) is 4.88 Å². The van der Waals surface area contributed by atoms with Gasteiger partial charge < -0.3 is 9.73 Å². The van der Waals surface area contributed by atoms with E-state index in [0.29, 0.717) is 0 Å². The number of nitrogens with one attached hydrogen (secondary N) is 1. The molecule has 0 radical (unpaired) electrons. The summed E-state index contributed by atoms with van der Waals surface area (Å²) in [7, 11) is 0. The molecule has 0 unspecified atom stereocenters. The molecule has 2 aromatic heterocycles. The normalized spacial score (nSPS) is 10.3. The van der Waals surface area contributed by atoms with Gasteiger partial charge in [0.15, 0.2) is 0 Å². The summed E-state index contributed by atoms with van der Waals surface area (Å²) in [5.74, 6) is 1.77. The zero-order valence-corrected chi connectivity index (χ0v) is 13.6. The van der Waals surface area contributed by atoms with Gasteiger partial charge in [-0.1, -0.05) is 29.8 Å². The van der Waals surface area contributed by atoms with Crippen molar-refractivity contribution in [2.75, 3.05) is 0 Å². The Morgan fingerprint density at radius 3 is 2.71 bits per heavy atom. The standard InChI is InChI=1S/C16H14ClNOS.ClH/c17-13-4-1-3-12(9-13)16-7-6-14(19-16)10-18-11-15-5-2-8-20-15;/h1-9,18H,10-11H2;1H. The average molecular weight is 340 g/mol. The predicted molar refractivity (Wildman–Crippen MR) is 91.3 cm³/mol. The Balaban J connectivity index is 0.00000161. The summed E-state index contributed by atoms with van der Waals surface area (Å²) in [4.78, 5) is 1.33. The molecule has 5 heteroatoms. The molecule has 0 spiro atoms. The molecule has 2 heterocycles. The molecule has 1 N–H and O–H groups in total. The predicted octanol–water partition coefficient (Wildman–Crippen LogP) is 5.37.